The lowest BCUT2D eigenvalue weighted by molar-refractivity contribution is -0.125. The number of ether oxygens (including phenoxy) is 1. The Bertz CT molecular complexity index is 1020. The zero-order valence-electron chi connectivity index (χ0n) is 17.1. The molecule has 1 heterocycles. The van der Waals surface area contributed by atoms with Crippen LogP contribution < -0.4 is 5.32 Å². The normalized spacial score (nSPS) is 11.7. The van der Waals surface area contributed by atoms with Crippen molar-refractivity contribution < 1.29 is 14.3 Å². The zero-order valence-corrected chi connectivity index (χ0v) is 17.9. The van der Waals surface area contributed by atoms with Gasteiger partial charge in [0.2, 0.25) is 6.10 Å². The van der Waals surface area contributed by atoms with Crippen LogP contribution in [0.5, 0.6) is 0 Å². The number of benzene rings is 2. The third-order valence-corrected chi connectivity index (χ3v) is 6.12. The maximum Gasteiger partial charge on any atom is 0.349 e. The first-order valence-corrected chi connectivity index (χ1v) is 10.4. The summed E-state index contributed by atoms with van der Waals surface area (Å²) < 4.78 is 5.70. The van der Waals surface area contributed by atoms with Gasteiger partial charge < -0.3 is 10.1 Å². The number of nitrogens with one attached hydrogen (secondary N) is 1. The number of esters is 1. The van der Waals surface area contributed by atoms with Gasteiger partial charge in [-0.2, -0.15) is 0 Å². The number of aryl methyl sites for hydroxylation is 4. The van der Waals surface area contributed by atoms with Gasteiger partial charge >= 0.3 is 5.97 Å². The Morgan fingerprint density at radius 2 is 1.72 bits per heavy atom. The molecular weight excluding hydrogens is 382 g/mol. The molecule has 1 aromatic heterocycles. The average Bonchev–Trinajstić information content (AvgIpc) is 3.10. The second-order valence-corrected chi connectivity index (χ2v) is 8.21. The fourth-order valence-corrected chi connectivity index (χ4v) is 4.10. The Morgan fingerprint density at radius 1 is 1.00 bits per heavy atom. The summed E-state index contributed by atoms with van der Waals surface area (Å²) in [6.45, 7) is 7.93. The summed E-state index contributed by atoms with van der Waals surface area (Å²) in [5, 5.41) is 2.92. The van der Waals surface area contributed by atoms with Crippen LogP contribution in [0.2, 0.25) is 0 Å². The second kappa shape index (κ2) is 9.05. The molecule has 0 saturated carbocycles. The Labute approximate surface area is 175 Å². The molecule has 4 nitrogen and oxygen atoms in total. The number of carbonyl (C=O) groups excluding carboxylic acids is 2. The van der Waals surface area contributed by atoms with Crippen molar-refractivity contribution in [3.63, 3.8) is 0 Å². The molecule has 0 radical (unpaired) electrons. The summed E-state index contributed by atoms with van der Waals surface area (Å²) in [5.74, 6) is -0.856. The van der Waals surface area contributed by atoms with E-state index in [1.807, 2.05) is 63.2 Å². The van der Waals surface area contributed by atoms with E-state index in [2.05, 4.69) is 12.2 Å². The Balaban J connectivity index is 1.87. The van der Waals surface area contributed by atoms with E-state index in [-0.39, 0.29) is 5.91 Å². The van der Waals surface area contributed by atoms with E-state index in [9.17, 15) is 9.59 Å². The summed E-state index contributed by atoms with van der Waals surface area (Å²) in [6.07, 6.45) is -0.171. The van der Waals surface area contributed by atoms with Crippen molar-refractivity contribution in [2.45, 2.75) is 40.2 Å². The van der Waals surface area contributed by atoms with E-state index in [0.717, 1.165) is 28.0 Å². The predicted octanol–water partition coefficient (Wildman–Crippen LogP) is 5.77. The lowest BCUT2D eigenvalue weighted by Crippen LogP contribution is -2.26. The van der Waals surface area contributed by atoms with Gasteiger partial charge in [-0.1, -0.05) is 49.4 Å². The minimum atomic E-state index is -1.03. The third-order valence-electron chi connectivity index (χ3n) is 4.76. The molecule has 5 heteroatoms. The minimum Gasteiger partial charge on any atom is -0.443 e. The van der Waals surface area contributed by atoms with E-state index in [0.29, 0.717) is 16.1 Å². The predicted molar refractivity (Wildman–Crippen MR) is 118 cm³/mol. The number of amides is 1. The average molecular weight is 408 g/mol. The quantitative estimate of drug-likeness (QED) is 0.528. The molecule has 29 heavy (non-hydrogen) atoms. The Kier molecular flexibility index (Phi) is 6.49. The van der Waals surface area contributed by atoms with Crippen LogP contribution in [0, 0.1) is 20.8 Å². The van der Waals surface area contributed by atoms with Gasteiger partial charge in [0.15, 0.2) is 0 Å². The topological polar surface area (TPSA) is 55.4 Å². The Morgan fingerprint density at radius 3 is 2.38 bits per heavy atom. The highest BCUT2D eigenvalue weighted by molar-refractivity contribution is 7.14. The molecule has 0 unspecified atom stereocenters. The molecule has 0 aliphatic rings. The maximum atomic E-state index is 13.1. The summed E-state index contributed by atoms with van der Waals surface area (Å²) in [6, 6.07) is 16.8. The van der Waals surface area contributed by atoms with Crippen molar-refractivity contribution in [1.82, 2.24) is 0 Å². The lowest BCUT2D eigenvalue weighted by Gasteiger charge is -2.18. The molecule has 3 aromatic rings. The lowest BCUT2D eigenvalue weighted by atomic mass is 10.1. The van der Waals surface area contributed by atoms with Crippen LogP contribution in [0.4, 0.5) is 5.69 Å². The molecule has 3 rings (SSSR count). The van der Waals surface area contributed by atoms with Crippen LogP contribution in [0.25, 0.3) is 0 Å². The van der Waals surface area contributed by atoms with Gasteiger partial charge in [0.1, 0.15) is 4.88 Å². The SMILES string of the molecule is CCc1sc(C(=O)O[C@@H](C(=O)Nc2cc(C)ccc2C)c2ccccc2)cc1C. The first-order chi connectivity index (χ1) is 13.9. The molecule has 0 saturated heterocycles. The molecule has 0 aliphatic carbocycles. The third kappa shape index (κ3) is 4.93. The summed E-state index contributed by atoms with van der Waals surface area (Å²) in [4.78, 5) is 27.5. The van der Waals surface area contributed by atoms with Gasteiger partial charge in [0.05, 0.1) is 0 Å². The number of thiophene rings is 1. The van der Waals surface area contributed by atoms with Gasteiger partial charge in [0, 0.05) is 16.1 Å². The van der Waals surface area contributed by atoms with Crippen molar-refractivity contribution in [3.8, 4) is 0 Å². The number of hydrogen-bond acceptors (Lipinski definition) is 4. The molecule has 150 valence electrons. The van der Waals surface area contributed by atoms with Crippen molar-refractivity contribution in [1.29, 1.82) is 0 Å². The highest BCUT2D eigenvalue weighted by Gasteiger charge is 2.27. The highest BCUT2D eigenvalue weighted by atomic mass is 32.1. The Hall–Kier alpha value is -2.92. The van der Waals surface area contributed by atoms with Gasteiger partial charge in [-0.3, -0.25) is 4.79 Å². The van der Waals surface area contributed by atoms with Gasteiger partial charge in [0.25, 0.3) is 5.91 Å². The van der Waals surface area contributed by atoms with Crippen LogP contribution >= 0.6 is 11.3 Å². The van der Waals surface area contributed by atoms with E-state index < -0.39 is 12.1 Å². The number of hydrogen-bond donors (Lipinski definition) is 1. The van der Waals surface area contributed by atoms with Crippen molar-refractivity contribution >= 4 is 28.9 Å². The first kappa shape index (κ1) is 20.8. The number of rotatable bonds is 6. The first-order valence-electron chi connectivity index (χ1n) is 9.62. The smallest absolute Gasteiger partial charge is 0.349 e. The van der Waals surface area contributed by atoms with E-state index in [4.69, 9.17) is 4.74 Å². The van der Waals surface area contributed by atoms with Crippen LogP contribution in [-0.2, 0) is 16.0 Å². The van der Waals surface area contributed by atoms with Crippen LogP contribution in [0.1, 0.15) is 49.8 Å². The fraction of sp³-hybridized carbons (Fsp3) is 0.250. The second-order valence-electron chi connectivity index (χ2n) is 7.07. The van der Waals surface area contributed by atoms with E-state index >= 15 is 0 Å². The van der Waals surface area contributed by atoms with Gasteiger partial charge in [-0.05, 0) is 56.0 Å². The maximum absolute atomic E-state index is 13.1. The molecule has 0 aliphatic heterocycles. The summed E-state index contributed by atoms with van der Waals surface area (Å²) >= 11 is 1.42. The minimum absolute atomic E-state index is 0.373. The largest absolute Gasteiger partial charge is 0.443 e. The fourth-order valence-electron chi connectivity index (χ4n) is 3.11. The number of carbonyl (C=O) groups is 2. The van der Waals surface area contributed by atoms with E-state index in [1.165, 1.54) is 11.3 Å². The molecule has 1 atom stereocenters. The molecule has 1 N–H and O–H groups in total. The number of anilines is 1. The van der Waals surface area contributed by atoms with Crippen LogP contribution in [-0.4, -0.2) is 11.9 Å². The van der Waals surface area contributed by atoms with E-state index in [1.54, 1.807) is 12.1 Å². The molecule has 0 fully saturated rings. The molecule has 1 amide bonds. The summed E-state index contributed by atoms with van der Waals surface area (Å²) in [7, 11) is 0. The molecular formula is C24H25NO3S. The van der Waals surface area contributed by atoms with Crippen LogP contribution in [0.3, 0.4) is 0 Å². The highest BCUT2D eigenvalue weighted by Crippen LogP contribution is 2.27. The van der Waals surface area contributed by atoms with Crippen LogP contribution in [0.15, 0.2) is 54.6 Å². The standard InChI is InChI=1S/C24H25NO3S/c1-5-20-17(4)14-21(29-20)24(27)28-22(18-9-7-6-8-10-18)23(26)25-19-13-15(2)11-12-16(19)3/h6-14,22H,5H2,1-4H3,(H,25,26)/t22-/m1/s1. The monoisotopic (exact) mass is 407 g/mol. The van der Waals surface area contributed by atoms with Crippen molar-refractivity contribution in [2.75, 3.05) is 5.32 Å². The molecule has 0 bridgehead atoms. The van der Waals surface area contributed by atoms with Crippen molar-refractivity contribution in [2.24, 2.45) is 0 Å². The summed E-state index contributed by atoms with van der Waals surface area (Å²) in [5.41, 5.74) is 4.41. The molecule has 0 spiro atoms. The van der Waals surface area contributed by atoms with Gasteiger partial charge in [-0.15, -0.1) is 11.3 Å². The zero-order chi connectivity index (χ0) is 21.0. The molecule has 2 aromatic carbocycles. The van der Waals surface area contributed by atoms with Crippen molar-refractivity contribution in [3.05, 3.63) is 86.6 Å². The van der Waals surface area contributed by atoms with Gasteiger partial charge in [-0.25, -0.2) is 4.79 Å².